The van der Waals surface area contributed by atoms with Crippen molar-refractivity contribution < 1.29 is 4.39 Å². The molecule has 1 aliphatic heterocycles. The second kappa shape index (κ2) is 6.40. The first-order valence-electron chi connectivity index (χ1n) is 5.71. The molecule has 4 heteroatoms. The average molecular weight is 219 g/mol. The van der Waals surface area contributed by atoms with Crippen molar-refractivity contribution in [1.82, 2.24) is 15.3 Å². The van der Waals surface area contributed by atoms with Crippen molar-refractivity contribution in [3.05, 3.63) is 0 Å². The average Bonchev–Trinajstić information content (AvgIpc) is 2.48. The van der Waals surface area contributed by atoms with E-state index < -0.39 is 5.67 Å². The van der Waals surface area contributed by atoms with E-state index in [0.717, 1.165) is 6.54 Å². The maximum atomic E-state index is 13.4. The molecule has 2 atom stereocenters. The van der Waals surface area contributed by atoms with Gasteiger partial charge in [0.05, 0.1) is 0 Å². The highest BCUT2D eigenvalue weighted by Crippen LogP contribution is 2.23. The molecule has 15 heavy (non-hydrogen) atoms. The zero-order valence-electron chi connectivity index (χ0n) is 11.0. The minimum Gasteiger partial charge on any atom is -0.309 e. The van der Waals surface area contributed by atoms with Crippen molar-refractivity contribution in [3.8, 4) is 0 Å². The number of nitrogens with zero attached hydrogens (tertiary/aromatic N) is 2. The van der Waals surface area contributed by atoms with Gasteiger partial charge in [0, 0.05) is 40.3 Å². The third-order valence-electron chi connectivity index (χ3n) is 2.60. The van der Waals surface area contributed by atoms with Gasteiger partial charge < -0.3 is 5.32 Å². The van der Waals surface area contributed by atoms with Crippen molar-refractivity contribution in [2.75, 3.05) is 34.2 Å². The van der Waals surface area contributed by atoms with E-state index in [1.807, 2.05) is 40.0 Å². The van der Waals surface area contributed by atoms with E-state index in [-0.39, 0.29) is 6.04 Å². The highest BCUT2D eigenvalue weighted by atomic mass is 19.1. The molecule has 1 fully saturated rings. The summed E-state index contributed by atoms with van der Waals surface area (Å²) in [5.41, 5.74) is -1.02. The van der Waals surface area contributed by atoms with Crippen molar-refractivity contribution in [2.45, 2.75) is 38.9 Å². The molecule has 0 saturated carbocycles. The van der Waals surface area contributed by atoms with Gasteiger partial charge in [0.2, 0.25) is 0 Å². The summed E-state index contributed by atoms with van der Waals surface area (Å²) >= 11 is 0. The molecule has 0 bridgehead atoms. The molecular formula is C11H26FN3. The van der Waals surface area contributed by atoms with Gasteiger partial charge in [-0.3, -0.25) is 0 Å². The lowest BCUT2D eigenvalue weighted by molar-refractivity contribution is 0.0460. The number of hydrogen-bond donors (Lipinski definition) is 1. The van der Waals surface area contributed by atoms with E-state index in [4.69, 9.17) is 0 Å². The molecule has 0 aromatic rings. The van der Waals surface area contributed by atoms with E-state index in [1.165, 1.54) is 0 Å². The Labute approximate surface area is 93.6 Å². The predicted molar refractivity (Wildman–Crippen MR) is 63.6 cm³/mol. The van der Waals surface area contributed by atoms with E-state index >= 15 is 0 Å². The summed E-state index contributed by atoms with van der Waals surface area (Å²) < 4.78 is 13.4. The monoisotopic (exact) mass is 219 g/mol. The molecule has 0 aliphatic carbocycles. The van der Waals surface area contributed by atoms with Crippen LogP contribution in [0.25, 0.3) is 0 Å². The third kappa shape index (κ3) is 5.44. The lowest BCUT2D eigenvalue weighted by Gasteiger charge is -2.27. The molecule has 2 unspecified atom stereocenters. The van der Waals surface area contributed by atoms with Gasteiger partial charge in [0.1, 0.15) is 5.67 Å². The maximum absolute atomic E-state index is 13.4. The summed E-state index contributed by atoms with van der Waals surface area (Å²) in [5, 5.41) is 7.28. The molecule has 1 saturated heterocycles. The van der Waals surface area contributed by atoms with Crippen LogP contribution in [0.15, 0.2) is 0 Å². The summed E-state index contributed by atoms with van der Waals surface area (Å²) in [6.07, 6.45) is 0.616. The molecule has 0 aromatic carbocycles. The minimum atomic E-state index is -1.02. The lowest BCUT2D eigenvalue weighted by atomic mass is 10.1. The maximum Gasteiger partial charge on any atom is 0.122 e. The molecular weight excluding hydrogens is 193 g/mol. The Morgan fingerprint density at radius 1 is 1.33 bits per heavy atom. The molecule has 0 radical (unpaired) electrons. The van der Waals surface area contributed by atoms with E-state index in [0.29, 0.717) is 13.0 Å². The fourth-order valence-electron chi connectivity index (χ4n) is 1.63. The number of rotatable bonds is 3. The van der Waals surface area contributed by atoms with Crippen LogP contribution in [0.4, 0.5) is 4.39 Å². The molecule has 0 spiro atoms. The summed E-state index contributed by atoms with van der Waals surface area (Å²) in [6, 6.07) is 0.280. The Bertz CT molecular complexity index is 171. The van der Waals surface area contributed by atoms with Gasteiger partial charge in [0.15, 0.2) is 0 Å². The summed E-state index contributed by atoms with van der Waals surface area (Å²) in [6.45, 7) is 7.01. The van der Waals surface area contributed by atoms with Gasteiger partial charge in [-0.25, -0.2) is 14.4 Å². The van der Waals surface area contributed by atoms with Crippen molar-refractivity contribution in [3.63, 3.8) is 0 Å². The highest BCUT2D eigenvalue weighted by molar-refractivity contribution is 4.91. The molecule has 92 valence electrons. The molecule has 0 aromatic heterocycles. The summed E-state index contributed by atoms with van der Waals surface area (Å²) in [7, 11) is 5.99. The van der Waals surface area contributed by atoms with Gasteiger partial charge in [-0.2, -0.15) is 0 Å². The predicted octanol–water partition coefficient (Wildman–Crippen LogP) is 1.51. The first-order chi connectivity index (χ1) is 6.91. The molecule has 1 heterocycles. The van der Waals surface area contributed by atoms with E-state index in [2.05, 4.69) is 10.3 Å². The molecule has 1 aliphatic rings. The summed E-state index contributed by atoms with van der Waals surface area (Å²) in [5.74, 6) is 0. The first-order valence-corrected chi connectivity index (χ1v) is 5.71. The molecule has 1 N–H and O–H groups in total. The van der Waals surface area contributed by atoms with Gasteiger partial charge in [-0.05, 0) is 13.3 Å². The van der Waals surface area contributed by atoms with Crippen LogP contribution in [-0.2, 0) is 0 Å². The van der Waals surface area contributed by atoms with Crippen LogP contribution in [0.1, 0.15) is 27.2 Å². The fraction of sp³-hybridized carbons (Fsp3) is 1.00. The van der Waals surface area contributed by atoms with Crippen LogP contribution < -0.4 is 5.32 Å². The van der Waals surface area contributed by atoms with Crippen LogP contribution in [0.2, 0.25) is 0 Å². The molecule has 1 rings (SSSR count). The summed E-state index contributed by atoms with van der Waals surface area (Å²) in [4.78, 5) is 0. The Morgan fingerprint density at radius 2 is 1.87 bits per heavy atom. The zero-order valence-corrected chi connectivity index (χ0v) is 11.0. The van der Waals surface area contributed by atoms with E-state index in [9.17, 15) is 4.39 Å². The number of alkyl halides is 1. The van der Waals surface area contributed by atoms with Gasteiger partial charge in [-0.1, -0.05) is 13.8 Å². The van der Waals surface area contributed by atoms with Gasteiger partial charge >= 0.3 is 0 Å². The van der Waals surface area contributed by atoms with Crippen molar-refractivity contribution >= 4 is 0 Å². The van der Waals surface area contributed by atoms with Gasteiger partial charge in [-0.15, -0.1) is 0 Å². The van der Waals surface area contributed by atoms with Crippen molar-refractivity contribution in [1.29, 1.82) is 0 Å². The third-order valence-corrected chi connectivity index (χ3v) is 2.60. The van der Waals surface area contributed by atoms with Crippen LogP contribution in [0.5, 0.6) is 0 Å². The van der Waals surface area contributed by atoms with E-state index in [1.54, 1.807) is 6.92 Å². The quantitative estimate of drug-likeness (QED) is 0.726. The van der Waals surface area contributed by atoms with Crippen molar-refractivity contribution in [2.24, 2.45) is 0 Å². The second-order valence-electron chi connectivity index (χ2n) is 4.38. The zero-order chi connectivity index (χ0) is 12.1. The standard InChI is InChI=1S/C9H20FN3.C2H6/c1-9(10)5-8(11-7-9)6-13(4)12(2)3;1-2/h8,11H,5-7H2,1-4H3;1-2H3. The number of halogens is 1. The van der Waals surface area contributed by atoms with Gasteiger partial charge in [0.25, 0.3) is 0 Å². The Balaban J connectivity index is 0.000000921. The Kier molecular flexibility index (Phi) is 6.32. The number of likely N-dealkylation sites (N-methyl/N-ethyl adjacent to an activating group) is 1. The van der Waals surface area contributed by atoms with Crippen LogP contribution in [0.3, 0.4) is 0 Å². The van der Waals surface area contributed by atoms with Crippen LogP contribution >= 0.6 is 0 Å². The SMILES string of the molecule is CC.CN(C)N(C)CC1CC(C)(F)CN1. The largest absolute Gasteiger partial charge is 0.309 e. The molecule has 3 nitrogen and oxygen atoms in total. The number of hydrogen-bond acceptors (Lipinski definition) is 3. The minimum absolute atomic E-state index is 0.280. The highest BCUT2D eigenvalue weighted by Gasteiger charge is 2.34. The fourth-order valence-corrected chi connectivity index (χ4v) is 1.63. The number of hydrazine groups is 1. The lowest BCUT2D eigenvalue weighted by Crippen LogP contribution is -2.42. The normalized spacial score (nSPS) is 30.6. The smallest absolute Gasteiger partial charge is 0.122 e. The Morgan fingerprint density at radius 3 is 2.20 bits per heavy atom. The first kappa shape index (κ1) is 14.8. The second-order valence-corrected chi connectivity index (χ2v) is 4.38. The molecule has 0 amide bonds. The number of nitrogens with one attached hydrogen (secondary N) is 1. The van der Waals surface area contributed by atoms with Crippen LogP contribution in [-0.4, -0.2) is 56.0 Å². The topological polar surface area (TPSA) is 18.5 Å². The Hall–Kier alpha value is -0.190. The van der Waals surface area contributed by atoms with Crippen LogP contribution in [0, 0.1) is 0 Å².